The molecule has 0 unspecified atom stereocenters. The highest BCUT2D eigenvalue weighted by atomic mass is 19.4. The van der Waals surface area contributed by atoms with E-state index in [1.165, 1.54) is 12.8 Å². The van der Waals surface area contributed by atoms with Crippen LogP contribution in [0.1, 0.15) is 24.8 Å². The molecule has 2 amide bonds. The van der Waals surface area contributed by atoms with Crippen LogP contribution in [0.5, 0.6) is 0 Å². The lowest BCUT2D eigenvalue weighted by atomic mass is 9.94. The van der Waals surface area contributed by atoms with Crippen LogP contribution in [0.4, 0.5) is 23.7 Å². The number of hydrogen-bond donors (Lipinski definition) is 2. The number of carbonyl (C=O) groups is 1. The summed E-state index contributed by atoms with van der Waals surface area (Å²) in [6, 6.07) is 9.62. The average molecular weight is 547 g/mol. The number of benzene rings is 1. The van der Waals surface area contributed by atoms with E-state index in [0.29, 0.717) is 23.9 Å². The van der Waals surface area contributed by atoms with E-state index in [-0.39, 0.29) is 0 Å². The van der Waals surface area contributed by atoms with Gasteiger partial charge in [0.15, 0.2) is 0 Å². The Morgan fingerprint density at radius 3 is 2.79 bits per heavy atom. The number of likely N-dealkylation sites (tertiary alicyclic amines) is 1. The predicted octanol–water partition coefficient (Wildman–Crippen LogP) is 4.78. The number of urea groups is 1. The SMILES string of the molecule is COCCN1CCC(CCON=Cc2ccn3c(-c4cccc(NC(=O)NCC(F)(F)F)c4)cnc3c2)CC1. The highest BCUT2D eigenvalue weighted by Crippen LogP contribution is 2.24. The van der Waals surface area contributed by atoms with E-state index < -0.39 is 18.8 Å². The molecule has 4 rings (SSSR count). The third kappa shape index (κ3) is 8.69. The second kappa shape index (κ2) is 13.4. The monoisotopic (exact) mass is 546 g/mol. The van der Waals surface area contributed by atoms with E-state index in [2.05, 4.69) is 20.4 Å². The highest BCUT2D eigenvalue weighted by molar-refractivity contribution is 5.90. The molecule has 1 aliphatic heterocycles. The molecule has 3 aromatic rings. The van der Waals surface area contributed by atoms with Crippen LogP contribution in [0.3, 0.4) is 0 Å². The van der Waals surface area contributed by atoms with Gasteiger partial charge in [-0.3, -0.25) is 4.40 Å². The molecule has 0 radical (unpaired) electrons. The number of amides is 2. The van der Waals surface area contributed by atoms with Crippen LogP contribution in [0.15, 0.2) is 53.9 Å². The molecular weight excluding hydrogens is 513 g/mol. The summed E-state index contributed by atoms with van der Waals surface area (Å²) in [4.78, 5) is 24.2. The van der Waals surface area contributed by atoms with E-state index in [9.17, 15) is 18.0 Å². The zero-order valence-electron chi connectivity index (χ0n) is 21.8. The van der Waals surface area contributed by atoms with E-state index in [0.717, 1.165) is 49.5 Å². The van der Waals surface area contributed by atoms with Gasteiger partial charge in [0.1, 0.15) is 18.8 Å². The molecule has 2 N–H and O–H groups in total. The van der Waals surface area contributed by atoms with Gasteiger partial charge in [0, 0.05) is 36.7 Å². The minimum Gasteiger partial charge on any atom is -0.396 e. The Morgan fingerprint density at radius 2 is 2.03 bits per heavy atom. The normalized spacial score (nSPS) is 15.2. The maximum Gasteiger partial charge on any atom is 0.405 e. The Bertz CT molecular complexity index is 1260. The van der Waals surface area contributed by atoms with E-state index >= 15 is 0 Å². The molecule has 9 nitrogen and oxygen atoms in total. The molecule has 39 heavy (non-hydrogen) atoms. The maximum absolute atomic E-state index is 12.3. The van der Waals surface area contributed by atoms with Crippen molar-refractivity contribution in [3.63, 3.8) is 0 Å². The van der Waals surface area contributed by atoms with Gasteiger partial charge in [-0.25, -0.2) is 9.78 Å². The number of pyridine rings is 1. The smallest absolute Gasteiger partial charge is 0.396 e. The Balaban J connectivity index is 1.28. The first-order valence-corrected chi connectivity index (χ1v) is 12.9. The van der Waals surface area contributed by atoms with Crippen molar-refractivity contribution < 1.29 is 27.5 Å². The van der Waals surface area contributed by atoms with Crippen molar-refractivity contribution in [2.75, 3.05) is 51.8 Å². The number of fused-ring (bicyclic) bond motifs is 1. The first-order valence-electron chi connectivity index (χ1n) is 12.9. The first-order chi connectivity index (χ1) is 18.8. The molecule has 12 heteroatoms. The molecule has 0 spiro atoms. The summed E-state index contributed by atoms with van der Waals surface area (Å²) in [5.41, 5.74) is 3.39. The van der Waals surface area contributed by atoms with Crippen molar-refractivity contribution in [1.82, 2.24) is 19.6 Å². The number of oxime groups is 1. The molecular formula is C27H33F3N6O3. The Labute approximate surface area is 225 Å². The van der Waals surface area contributed by atoms with Crippen LogP contribution in [-0.4, -0.2) is 79.2 Å². The van der Waals surface area contributed by atoms with Gasteiger partial charge in [0.25, 0.3) is 0 Å². The number of hydrogen-bond acceptors (Lipinski definition) is 6. The van der Waals surface area contributed by atoms with E-state index in [1.54, 1.807) is 43.0 Å². The minimum atomic E-state index is -4.48. The number of alkyl halides is 3. The summed E-state index contributed by atoms with van der Waals surface area (Å²) in [6.45, 7) is 3.13. The fourth-order valence-electron chi connectivity index (χ4n) is 4.49. The molecule has 1 aliphatic rings. The van der Waals surface area contributed by atoms with Gasteiger partial charge in [-0.05, 0) is 62.5 Å². The average Bonchev–Trinajstić information content (AvgIpc) is 3.34. The number of carbonyl (C=O) groups excluding carboxylic acids is 1. The highest BCUT2D eigenvalue weighted by Gasteiger charge is 2.27. The number of aromatic nitrogens is 2. The van der Waals surface area contributed by atoms with Crippen LogP contribution in [0, 0.1) is 5.92 Å². The molecule has 0 saturated carbocycles. The Morgan fingerprint density at radius 1 is 1.21 bits per heavy atom. The van der Waals surface area contributed by atoms with Crippen molar-refractivity contribution in [2.45, 2.75) is 25.4 Å². The van der Waals surface area contributed by atoms with Crippen molar-refractivity contribution in [3.8, 4) is 11.3 Å². The van der Waals surface area contributed by atoms with Crippen molar-refractivity contribution >= 4 is 23.6 Å². The molecule has 1 aromatic carbocycles. The molecule has 2 aromatic heterocycles. The fourth-order valence-corrected chi connectivity index (χ4v) is 4.49. The molecule has 210 valence electrons. The largest absolute Gasteiger partial charge is 0.405 e. The van der Waals surface area contributed by atoms with Crippen LogP contribution >= 0.6 is 0 Å². The zero-order chi connectivity index (χ0) is 27.7. The van der Waals surface area contributed by atoms with Gasteiger partial charge < -0.3 is 25.1 Å². The number of ether oxygens (including phenoxy) is 1. The second-order valence-electron chi connectivity index (χ2n) is 9.47. The lowest BCUT2D eigenvalue weighted by Gasteiger charge is -2.31. The topological polar surface area (TPSA) is 92.5 Å². The number of nitrogens with one attached hydrogen (secondary N) is 2. The molecule has 0 aliphatic carbocycles. The molecule has 0 bridgehead atoms. The predicted molar refractivity (Wildman–Crippen MR) is 143 cm³/mol. The Kier molecular flexibility index (Phi) is 9.77. The molecule has 0 atom stereocenters. The summed E-state index contributed by atoms with van der Waals surface area (Å²) < 4.78 is 44.0. The van der Waals surface area contributed by atoms with E-state index in [1.807, 2.05) is 28.8 Å². The third-order valence-electron chi connectivity index (χ3n) is 6.62. The van der Waals surface area contributed by atoms with Crippen molar-refractivity contribution in [1.29, 1.82) is 0 Å². The summed E-state index contributed by atoms with van der Waals surface area (Å²) in [6.07, 6.45) is 4.04. The second-order valence-corrected chi connectivity index (χ2v) is 9.47. The zero-order valence-corrected chi connectivity index (χ0v) is 21.8. The van der Waals surface area contributed by atoms with Crippen molar-refractivity contribution in [3.05, 3.63) is 54.4 Å². The van der Waals surface area contributed by atoms with Gasteiger partial charge in [0.05, 0.1) is 24.7 Å². The molecule has 1 fully saturated rings. The number of rotatable bonds is 11. The van der Waals surface area contributed by atoms with Crippen LogP contribution in [-0.2, 0) is 9.57 Å². The number of anilines is 1. The van der Waals surface area contributed by atoms with Gasteiger partial charge in [-0.1, -0.05) is 17.3 Å². The molecule has 1 saturated heterocycles. The minimum absolute atomic E-state index is 0.361. The third-order valence-corrected chi connectivity index (χ3v) is 6.62. The van der Waals surface area contributed by atoms with Gasteiger partial charge in [0.2, 0.25) is 0 Å². The van der Waals surface area contributed by atoms with Crippen LogP contribution in [0.25, 0.3) is 16.9 Å². The maximum atomic E-state index is 12.3. The van der Waals surface area contributed by atoms with Crippen LogP contribution in [0.2, 0.25) is 0 Å². The molecule has 3 heterocycles. The van der Waals surface area contributed by atoms with Gasteiger partial charge in [-0.15, -0.1) is 0 Å². The first kappa shape index (κ1) is 28.4. The summed E-state index contributed by atoms with van der Waals surface area (Å²) >= 11 is 0. The van der Waals surface area contributed by atoms with Gasteiger partial charge in [-0.2, -0.15) is 13.2 Å². The summed E-state index contributed by atoms with van der Waals surface area (Å²) in [7, 11) is 1.73. The lowest BCUT2D eigenvalue weighted by molar-refractivity contribution is -0.122. The number of methoxy groups -OCH3 is 1. The standard InChI is InChI=1S/C27H33F3N6O3/c1-38-14-12-35-9-5-20(6-10-35)8-13-39-33-17-21-7-11-36-24(18-31-25(36)15-21)22-3-2-4-23(16-22)34-26(37)32-19-27(28,29)30/h2-4,7,11,15-18,20H,5-6,8-10,12-14,19H2,1H3,(H2,32,34,37). The lowest BCUT2D eigenvalue weighted by Crippen LogP contribution is -2.36. The number of nitrogens with zero attached hydrogens (tertiary/aromatic N) is 4. The van der Waals surface area contributed by atoms with Crippen LogP contribution < -0.4 is 10.6 Å². The number of imidazole rings is 1. The Hall–Kier alpha value is -3.64. The van der Waals surface area contributed by atoms with Gasteiger partial charge >= 0.3 is 12.2 Å². The number of halogens is 3. The quantitative estimate of drug-likeness (QED) is 0.205. The fraction of sp³-hybridized carbons (Fsp3) is 0.444. The summed E-state index contributed by atoms with van der Waals surface area (Å²) in [5, 5.41) is 8.33. The van der Waals surface area contributed by atoms with Crippen molar-refractivity contribution in [2.24, 2.45) is 11.1 Å². The van der Waals surface area contributed by atoms with E-state index in [4.69, 9.17) is 9.57 Å². The number of piperidine rings is 1. The summed E-state index contributed by atoms with van der Waals surface area (Å²) in [5.74, 6) is 0.654.